The lowest BCUT2D eigenvalue weighted by molar-refractivity contribution is 4.31. The van der Waals surface area contributed by atoms with E-state index in [1.807, 2.05) is 0 Å². The van der Waals surface area contributed by atoms with E-state index in [-0.39, 0.29) is 245 Å². The maximum atomic E-state index is 3.80. The zero-order valence-corrected chi connectivity index (χ0v) is 122. The van der Waals surface area contributed by atoms with E-state index in [0.29, 0.717) is 0 Å². The van der Waals surface area contributed by atoms with Crippen LogP contribution >= 0.6 is 631 Å². The third kappa shape index (κ3) is 40.0. The Balaban J connectivity index is 12.6. The van der Waals surface area contributed by atoms with Crippen LogP contribution in [0.1, 0.15) is 0 Å². The lowest BCUT2D eigenvalue weighted by Gasteiger charge is -2.62. The molecule has 0 aliphatic heterocycles. The molecule has 0 bridgehead atoms. The van der Waals surface area contributed by atoms with Gasteiger partial charge < -0.3 is 0 Å². The highest BCUT2D eigenvalue weighted by Crippen LogP contribution is 3.52. The highest BCUT2D eigenvalue weighted by Gasteiger charge is 2.64. The standard InChI is InChI=1S/H81P79/c1-41-61(40)71(60(38)39)76(70(58(34)35)59(36)37)79(77(72(62(42(2)3)43(4)5)63(44(6)7)45(8)9)73(64(46(10)11)47(12)13)65(48(14)15)49(16)17)78(74(66(50(18)19)51(20)21)67(52(22)23)53(24)25)75(68(54(26)27)55(28)29)69(56(30)31)57(32)33/h41H,1-40H2. The van der Waals surface area contributed by atoms with Crippen molar-refractivity contribution in [2.45, 2.75) is 0 Å². The van der Waals surface area contributed by atoms with Gasteiger partial charge in [0.1, 0.15) is 0 Å². The van der Waals surface area contributed by atoms with Crippen LogP contribution in [0.25, 0.3) is 0 Å². The van der Waals surface area contributed by atoms with Crippen molar-refractivity contribution in [3.05, 3.63) is 0 Å². The minimum absolute atomic E-state index is 0.254. The van der Waals surface area contributed by atoms with E-state index in [1.165, 1.54) is 0 Å². The normalized spacial score (nSPS) is 15.8. The fourth-order valence-electron chi connectivity index (χ4n) is 4.79. The first-order valence-electron chi connectivity index (χ1n) is 18.0. The molecule has 0 amide bonds. The van der Waals surface area contributed by atoms with E-state index < -0.39 is 21.0 Å². The van der Waals surface area contributed by atoms with Crippen molar-refractivity contribution in [1.82, 2.24) is 0 Å². The van der Waals surface area contributed by atoms with Gasteiger partial charge in [0.05, 0.1) is 0 Å². The summed E-state index contributed by atoms with van der Waals surface area (Å²) in [4.78, 5) is 0. The molecule has 0 spiro atoms. The second kappa shape index (κ2) is 62.1. The minimum atomic E-state index is -0.445. The van der Waals surface area contributed by atoms with Crippen molar-refractivity contribution in [2.75, 3.05) is 0 Å². The predicted octanol–water partition coefficient (Wildman–Crippen LogP) is 46.4. The van der Waals surface area contributed by atoms with Crippen LogP contribution in [-0.2, 0) is 0 Å². The van der Waals surface area contributed by atoms with Gasteiger partial charge in [0.15, 0.2) is 0 Å². The Hall–Kier alpha value is 34.0. The van der Waals surface area contributed by atoms with E-state index >= 15 is 0 Å². The molecule has 0 aromatic rings. The van der Waals surface area contributed by atoms with Gasteiger partial charge in [-0.25, -0.2) is 0 Å². The van der Waals surface area contributed by atoms with Gasteiger partial charge in [0.25, 0.3) is 0 Å². The fourth-order valence-corrected chi connectivity index (χ4v) is 1170. The highest BCUT2D eigenvalue weighted by atomic mass is 33.6. The topological polar surface area (TPSA) is 0 Å². The molecule has 79 heteroatoms. The average Bonchev–Trinajstić information content (AvgIpc) is 3.23. The summed E-state index contributed by atoms with van der Waals surface area (Å²) < 4.78 is 0. The lowest BCUT2D eigenvalue weighted by atomic mass is 28.4. The van der Waals surface area contributed by atoms with Crippen molar-refractivity contribution >= 4 is 631 Å². The maximum absolute atomic E-state index is 3.80. The average molecular weight is 2530 g/mol. The molecule has 0 N–H and O–H groups in total. The van der Waals surface area contributed by atoms with Gasteiger partial charge in [-0.1, -0.05) is 7.96 Å². The van der Waals surface area contributed by atoms with Crippen LogP contribution in [0.5, 0.6) is 0 Å². The third-order valence-corrected chi connectivity index (χ3v) is 565. The molecular weight excluding hydrogens is 2450 g/mol. The summed E-state index contributed by atoms with van der Waals surface area (Å²) in [5, 5.41) is 0. The zero-order valence-electron chi connectivity index (χ0n) is 40.6. The van der Waals surface area contributed by atoms with Gasteiger partial charge in [-0.3, -0.25) is 0 Å². The summed E-state index contributed by atoms with van der Waals surface area (Å²) in [6.07, 6.45) is 0. The van der Waals surface area contributed by atoms with E-state index in [4.69, 9.17) is 0 Å². The summed E-state index contributed by atoms with van der Waals surface area (Å²) in [7, 11) is 148. The van der Waals surface area contributed by atoms with E-state index in [9.17, 15) is 0 Å². The quantitative estimate of drug-likeness (QED) is 0.0541. The van der Waals surface area contributed by atoms with Crippen molar-refractivity contribution in [3.8, 4) is 0 Å². The van der Waals surface area contributed by atoms with Crippen LogP contribution in [0.2, 0.25) is 0 Å². The second-order valence-corrected chi connectivity index (χ2v) is 338. The number of hydrogen-bond donors (Lipinski definition) is 0. The molecule has 0 saturated carbocycles. The molecule has 0 nitrogen and oxygen atoms in total. The van der Waals surface area contributed by atoms with Crippen molar-refractivity contribution in [2.24, 2.45) is 0 Å². The number of rotatable bonds is 38. The molecule has 0 saturated heterocycles. The molecule has 44 atom stereocenters. The molecule has 0 heterocycles. The van der Waals surface area contributed by atoms with Gasteiger partial charge >= 0.3 is 0 Å². The molecule has 0 aliphatic rings. The van der Waals surface area contributed by atoms with Crippen molar-refractivity contribution in [3.63, 3.8) is 0 Å². The molecular formula is H81P79. The third-order valence-electron chi connectivity index (χ3n) is 6.97. The van der Waals surface area contributed by atoms with Gasteiger partial charge in [-0.05, 0) is 266 Å². The summed E-state index contributed by atoms with van der Waals surface area (Å²) in [6.45, 7) is -12.8. The molecule has 0 aromatic heterocycles. The Morgan fingerprint density at radius 1 is 0.114 bits per heavy atom. The maximum Gasteiger partial charge on any atom is -0.00000515 e. The van der Waals surface area contributed by atoms with Crippen LogP contribution in [0.3, 0.4) is 0 Å². The Labute approximate surface area is 620 Å². The van der Waals surface area contributed by atoms with Crippen molar-refractivity contribution < 1.29 is 0 Å². The summed E-state index contributed by atoms with van der Waals surface area (Å²) >= 11 is 0. The SMILES string of the molecule is PPP(P)P(P(P)P)P(P(P(P)P)P(P)P)P(P(P(P(P(P)P)P(P)P)P(P(P)P)P(P)P)P(P(P(P)P)P(P)P)P(P(P)P)P(P)P)P(P(P(P(P)P)P(P)P)P(P(P)P)P(P)P)P(P(P(P)P)P(P)P)P(P(P)P)P(P)P. The summed E-state index contributed by atoms with van der Waals surface area (Å²) in [5.74, 6) is 0. The Kier molecular flexibility index (Phi) is 88.8. The second-order valence-electron chi connectivity index (χ2n) is 12.5. The van der Waals surface area contributed by atoms with E-state index in [0.717, 1.165) is 7.96 Å². The molecule has 0 aliphatic carbocycles. The molecule has 44 unspecified atom stereocenters. The summed E-state index contributed by atoms with van der Waals surface area (Å²) in [5.41, 5.74) is 0. The van der Waals surface area contributed by atoms with E-state index in [2.05, 4.69) is 357 Å². The highest BCUT2D eigenvalue weighted by molar-refractivity contribution is 9.58. The zero-order chi connectivity index (χ0) is 62.6. The number of hydrogen-bond acceptors (Lipinski definition) is 0. The van der Waals surface area contributed by atoms with Crippen LogP contribution in [-0.4, -0.2) is 0 Å². The Morgan fingerprint density at radius 2 is 0.190 bits per heavy atom. The van der Waals surface area contributed by atoms with Gasteiger partial charge in [-0.2, -0.15) is 0 Å². The van der Waals surface area contributed by atoms with Crippen LogP contribution in [0, 0.1) is 0 Å². The summed E-state index contributed by atoms with van der Waals surface area (Å²) in [6, 6.07) is 0. The first kappa shape index (κ1) is 113. The van der Waals surface area contributed by atoms with Gasteiger partial charge in [-0.15, -0.1) is 357 Å². The Bertz CT molecular complexity index is 1200. The monoisotopic (exact) mass is 2530 g/mol. The lowest BCUT2D eigenvalue weighted by Crippen LogP contribution is -1.75. The fraction of sp³-hybridized carbons (Fsp3) is 0. The van der Waals surface area contributed by atoms with Crippen LogP contribution < -0.4 is 0 Å². The first-order chi connectivity index (χ1) is 36.0. The molecule has 0 aromatic carbocycles. The molecule has 79 heavy (non-hydrogen) atoms. The van der Waals surface area contributed by atoms with Crippen LogP contribution in [0.4, 0.5) is 0 Å². The smallest absolute Gasteiger partial charge is 0.00000515 e. The first-order valence-corrected chi connectivity index (χ1v) is 162. The predicted molar refractivity (Wildman–Crippen MR) is 660 cm³/mol. The molecule has 0 radical (unpaired) electrons. The molecule has 0 rings (SSSR count). The largest absolute Gasteiger partial charge is 0.109 e. The van der Waals surface area contributed by atoms with Crippen LogP contribution in [0.15, 0.2) is 0 Å². The minimum Gasteiger partial charge on any atom is -0.109 e. The van der Waals surface area contributed by atoms with Gasteiger partial charge in [0, 0.05) is 0 Å². The molecule has 476 valence electrons. The Morgan fingerprint density at radius 3 is 0.266 bits per heavy atom. The van der Waals surface area contributed by atoms with Crippen molar-refractivity contribution in [1.29, 1.82) is 0 Å². The van der Waals surface area contributed by atoms with E-state index in [1.54, 1.807) is 0 Å². The van der Waals surface area contributed by atoms with Gasteiger partial charge in [0.2, 0.25) is 0 Å². The molecule has 0 fully saturated rings.